The van der Waals surface area contributed by atoms with Crippen molar-refractivity contribution < 1.29 is 23.9 Å². The number of para-hydroxylation sites is 1. The molecule has 5 nitrogen and oxygen atoms in total. The molecule has 3 aromatic rings. The second-order valence-electron chi connectivity index (χ2n) is 8.05. The van der Waals surface area contributed by atoms with Crippen LogP contribution in [0, 0.1) is 10.8 Å². The summed E-state index contributed by atoms with van der Waals surface area (Å²) in [6.07, 6.45) is 0. The van der Waals surface area contributed by atoms with Gasteiger partial charge in [0.2, 0.25) is 0 Å². The Balaban J connectivity index is 1.62. The van der Waals surface area contributed by atoms with Crippen LogP contribution in [-0.2, 0) is 9.59 Å². The van der Waals surface area contributed by atoms with Crippen molar-refractivity contribution in [3.63, 3.8) is 0 Å². The molecule has 0 aromatic heterocycles. The van der Waals surface area contributed by atoms with E-state index in [1.165, 1.54) is 0 Å². The molecule has 3 atom stereocenters. The molecule has 1 aliphatic carbocycles. The average molecular weight is 556 g/mol. The molecular formula is C25H16Br2O5. The minimum Gasteiger partial charge on any atom is -0.426 e. The van der Waals surface area contributed by atoms with Gasteiger partial charge < -0.3 is 9.47 Å². The summed E-state index contributed by atoms with van der Waals surface area (Å²) in [5.41, 5.74) is -2.06. The maximum absolute atomic E-state index is 13.7. The zero-order chi connectivity index (χ0) is 22.7. The summed E-state index contributed by atoms with van der Waals surface area (Å²) in [6, 6.07) is 20.5. The van der Waals surface area contributed by atoms with Gasteiger partial charge >= 0.3 is 11.9 Å². The fourth-order valence-electron chi connectivity index (χ4n) is 4.80. The highest BCUT2D eigenvalue weighted by Crippen LogP contribution is 2.78. The van der Waals surface area contributed by atoms with Gasteiger partial charge in [-0.05, 0) is 49.4 Å². The lowest BCUT2D eigenvalue weighted by Gasteiger charge is -2.22. The number of carbonyl (C=O) groups excluding carboxylic acids is 3. The Hall–Kier alpha value is -2.77. The van der Waals surface area contributed by atoms with Gasteiger partial charge in [0.25, 0.3) is 0 Å². The number of Topliss-reactive ketones (excluding diaryl/α,β-unsaturated/α-hetero) is 1. The van der Waals surface area contributed by atoms with E-state index in [-0.39, 0.29) is 11.5 Å². The number of ketones is 1. The summed E-state index contributed by atoms with van der Waals surface area (Å²) < 4.78 is 12.8. The first kappa shape index (κ1) is 21.1. The molecule has 7 heteroatoms. The maximum Gasteiger partial charge on any atom is 0.330 e. The molecule has 5 rings (SSSR count). The van der Waals surface area contributed by atoms with Crippen molar-refractivity contribution in [1.82, 2.24) is 0 Å². The number of hydrogen-bond acceptors (Lipinski definition) is 5. The van der Waals surface area contributed by atoms with Gasteiger partial charge in [-0.3, -0.25) is 14.4 Å². The fraction of sp³-hybridized carbons (Fsp3) is 0.160. The third kappa shape index (κ3) is 2.84. The molecule has 3 aromatic carbocycles. The number of benzene rings is 3. The van der Waals surface area contributed by atoms with Crippen LogP contribution in [0.2, 0.25) is 0 Å². The lowest BCUT2D eigenvalue weighted by Crippen LogP contribution is -2.41. The molecule has 0 radical (unpaired) electrons. The highest BCUT2D eigenvalue weighted by Gasteiger charge is 2.89. The summed E-state index contributed by atoms with van der Waals surface area (Å²) in [7, 11) is 0. The molecular weight excluding hydrogens is 540 g/mol. The molecule has 0 N–H and O–H groups in total. The minimum absolute atomic E-state index is 0.281. The SMILES string of the molecule is C[C@]1(C(=O)c2ccc(Br)cc2)[C@@H]2c3ccccc3OC(=O)[C@]21C(=O)Oc1ccc(Br)cc1. The maximum atomic E-state index is 13.7. The van der Waals surface area contributed by atoms with E-state index < -0.39 is 28.7 Å². The average Bonchev–Trinajstić information content (AvgIpc) is 3.39. The molecule has 0 bridgehead atoms. The molecule has 0 unspecified atom stereocenters. The number of ether oxygens (including phenoxy) is 2. The molecule has 1 heterocycles. The topological polar surface area (TPSA) is 69.7 Å². The molecule has 0 amide bonds. The van der Waals surface area contributed by atoms with Crippen LogP contribution in [0.5, 0.6) is 11.5 Å². The van der Waals surface area contributed by atoms with Gasteiger partial charge in [0.15, 0.2) is 11.2 Å². The Kier molecular flexibility index (Phi) is 4.87. The van der Waals surface area contributed by atoms with Gasteiger partial charge in [-0.25, -0.2) is 0 Å². The summed E-state index contributed by atoms with van der Waals surface area (Å²) in [5, 5.41) is 0. The second-order valence-corrected chi connectivity index (χ2v) is 9.88. The quantitative estimate of drug-likeness (QED) is 0.178. The Labute approximate surface area is 201 Å². The zero-order valence-corrected chi connectivity index (χ0v) is 20.0. The van der Waals surface area contributed by atoms with Gasteiger partial charge in [-0.2, -0.15) is 0 Å². The van der Waals surface area contributed by atoms with Gasteiger partial charge in [0.1, 0.15) is 11.5 Å². The van der Waals surface area contributed by atoms with Crippen LogP contribution in [-0.4, -0.2) is 17.7 Å². The van der Waals surface area contributed by atoms with E-state index in [4.69, 9.17) is 9.47 Å². The molecule has 0 saturated heterocycles. The Morgan fingerprint density at radius 2 is 1.50 bits per heavy atom. The largest absolute Gasteiger partial charge is 0.426 e. The van der Waals surface area contributed by atoms with Gasteiger partial charge in [-0.15, -0.1) is 0 Å². The van der Waals surface area contributed by atoms with Crippen molar-refractivity contribution >= 4 is 49.6 Å². The number of esters is 2. The Morgan fingerprint density at radius 1 is 0.906 bits per heavy atom. The molecule has 32 heavy (non-hydrogen) atoms. The second kappa shape index (κ2) is 7.39. The highest BCUT2D eigenvalue weighted by molar-refractivity contribution is 9.10. The summed E-state index contributed by atoms with van der Waals surface area (Å²) in [4.78, 5) is 40.6. The van der Waals surface area contributed by atoms with Crippen LogP contribution in [0.1, 0.15) is 28.8 Å². The molecule has 0 spiro atoms. The minimum atomic E-state index is -1.77. The first-order chi connectivity index (χ1) is 15.3. The van der Waals surface area contributed by atoms with Crippen LogP contribution in [0.3, 0.4) is 0 Å². The number of fused-ring (bicyclic) bond motifs is 3. The van der Waals surface area contributed by atoms with Crippen LogP contribution in [0.15, 0.2) is 81.7 Å². The summed E-state index contributed by atoms with van der Waals surface area (Å²) in [6.45, 7) is 1.65. The molecule has 1 aliphatic heterocycles. The van der Waals surface area contributed by atoms with Gasteiger partial charge in [0.05, 0.1) is 5.41 Å². The predicted octanol–water partition coefficient (Wildman–Crippen LogP) is 5.71. The van der Waals surface area contributed by atoms with E-state index >= 15 is 0 Å². The lowest BCUT2D eigenvalue weighted by atomic mass is 9.87. The van der Waals surface area contributed by atoms with Crippen molar-refractivity contribution in [3.05, 3.63) is 92.9 Å². The molecule has 160 valence electrons. The lowest BCUT2D eigenvalue weighted by molar-refractivity contribution is -0.156. The van der Waals surface area contributed by atoms with Crippen molar-refractivity contribution in [2.45, 2.75) is 12.8 Å². The van der Waals surface area contributed by atoms with Crippen LogP contribution in [0.25, 0.3) is 0 Å². The summed E-state index contributed by atoms with van der Waals surface area (Å²) in [5.74, 6) is -1.92. The highest BCUT2D eigenvalue weighted by atomic mass is 79.9. The van der Waals surface area contributed by atoms with E-state index in [0.717, 1.165) is 8.95 Å². The molecule has 2 aliphatic rings. The Morgan fingerprint density at radius 3 is 2.16 bits per heavy atom. The number of carbonyl (C=O) groups is 3. The van der Waals surface area contributed by atoms with E-state index in [1.54, 1.807) is 79.7 Å². The smallest absolute Gasteiger partial charge is 0.330 e. The monoisotopic (exact) mass is 554 g/mol. The van der Waals surface area contributed by atoms with Crippen LogP contribution >= 0.6 is 31.9 Å². The van der Waals surface area contributed by atoms with E-state index in [0.29, 0.717) is 16.9 Å². The Bertz CT molecular complexity index is 1270. The van der Waals surface area contributed by atoms with E-state index in [1.807, 2.05) is 0 Å². The van der Waals surface area contributed by atoms with Crippen molar-refractivity contribution in [2.24, 2.45) is 10.8 Å². The molecule has 1 fully saturated rings. The van der Waals surface area contributed by atoms with Crippen LogP contribution in [0.4, 0.5) is 0 Å². The standard InChI is InChI=1S/C25H16Br2O5/c1-24(21(28)14-6-8-15(26)9-7-14)20-18-4-2-3-5-19(18)32-23(30)25(20,24)22(29)31-17-12-10-16(27)11-13-17/h2-13,20H,1H3/t20-,24+,25+/m0/s1. The van der Waals surface area contributed by atoms with E-state index in [9.17, 15) is 14.4 Å². The number of rotatable bonds is 4. The van der Waals surface area contributed by atoms with E-state index in [2.05, 4.69) is 31.9 Å². The van der Waals surface area contributed by atoms with Gasteiger partial charge in [0, 0.05) is 26.0 Å². The predicted molar refractivity (Wildman–Crippen MR) is 124 cm³/mol. The normalized spacial score (nSPS) is 25.2. The third-order valence-electron chi connectivity index (χ3n) is 6.43. The fourth-order valence-corrected chi connectivity index (χ4v) is 5.33. The summed E-state index contributed by atoms with van der Waals surface area (Å²) >= 11 is 6.71. The molecule has 1 saturated carbocycles. The zero-order valence-electron chi connectivity index (χ0n) is 16.8. The number of hydrogen-bond donors (Lipinski definition) is 0. The van der Waals surface area contributed by atoms with Gasteiger partial charge in [-0.1, -0.05) is 62.2 Å². The van der Waals surface area contributed by atoms with Crippen molar-refractivity contribution in [3.8, 4) is 11.5 Å². The van der Waals surface area contributed by atoms with Crippen molar-refractivity contribution in [1.29, 1.82) is 0 Å². The number of halogens is 2. The van der Waals surface area contributed by atoms with Crippen LogP contribution < -0.4 is 9.47 Å². The first-order valence-electron chi connectivity index (χ1n) is 9.89. The van der Waals surface area contributed by atoms with Crippen molar-refractivity contribution in [2.75, 3.05) is 0 Å². The first-order valence-corrected chi connectivity index (χ1v) is 11.5. The third-order valence-corrected chi connectivity index (χ3v) is 7.48.